The third-order valence-electron chi connectivity index (χ3n) is 2.36. The summed E-state index contributed by atoms with van der Waals surface area (Å²) in [4.78, 5) is 35.4. The monoisotopic (exact) mass is 197 g/mol. The Morgan fingerprint density at radius 3 is 2.29 bits per heavy atom. The molecule has 0 aromatic rings. The van der Waals surface area contributed by atoms with E-state index in [9.17, 15) is 14.4 Å². The molecule has 1 atom stereocenters. The lowest BCUT2D eigenvalue weighted by Gasteiger charge is -2.11. The molecular weight excluding hydrogens is 182 g/mol. The molecule has 1 saturated heterocycles. The zero-order chi connectivity index (χ0) is 10.7. The summed E-state index contributed by atoms with van der Waals surface area (Å²) in [7, 11) is 0. The maximum atomic E-state index is 11.6. The van der Waals surface area contributed by atoms with Crippen LogP contribution in [0, 0.1) is 5.92 Å². The zero-order valence-corrected chi connectivity index (χ0v) is 8.58. The Kier molecular flexibility index (Phi) is 3.38. The third kappa shape index (κ3) is 1.69. The van der Waals surface area contributed by atoms with Gasteiger partial charge in [0, 0.05) is 6.54 Å². The number of hydrogen-bond acceptors (Lipinski definition) is 3. The van der Waals surface area contributed by atoms with Gasteiger partial charge in [-0.3, -0.25) is 19.3 Å². The number of nitrogens with zero attached hydrogens (tertiary/aromatic N) is 1. The number of hydrogen-bond donors (Lipinski definition) is 0. The molecule has 14 heavy (non-hydrogen) atoms. The number of carbonyl (C=O) groups is 3. The molecule has 4 heteroatoms. The molecule has 1 aliphatic rings. The highest BCUT2D eigenvalue weighted by atomic mass is 16.2. The average molecular weight is 197 g/mol. The highest BCUT2D eigenvalue weighted by Crippen LogP contribution is 2.20. The topological polar surface area (TPSA) is 54.5 Å². The number of Topliss-reactive ketones (excluding diaryl/α,β-unsaturated/α-hetero) is 1. The van der Waals surface area contributed by atoms with E-state index in [0.29, 0.717) is 19.4 Å². The SMILES string of the molecule is CCCC1C(=O)C(=O)N(CCC)C1=O. The predicted molar refractivity (Wildman–Crippen MR) is 50.4 cm³/mol. The Balaban J connectivity index is 2.80. The Labute approximate surface area is 83.3 Å². The molecule has 78 valence electrons. The van der Waals surface area contributed by atoms with Crippen molar-refractivity contribution in [2.75, 3.05) is 6.54 Å². The van der Waals surface area contributed by atoms with Crippen molar-refractivity contribution in [2.45, 2.75) is 33.1 Å². The summed E-state index contributed by atoms with van der Waals surface area (Å²) < 4.78 is 0. The van der Waals surface area contributed by atoms with Crippen LogP contribution in [0.3, 0.4) is 0 Å². The van der Waals surface area contributed by atoms with Crippen LogP contribution in [0.1, 0.15) is 33.1 Å². The van der Waals surface area contributed by atoms with Gasteiger partial charge >= 0.3 is 0 Å². The van der Waals surface area contributed by atoms with E-state index < -0.39 is 17.6 Å². The number of carbonyl (C=O) groups excluding carboxylic acids is 3. The van der Waals surface area contributed by atoms with E-state index >= 15 is 0 Å². The van der Waals surface area contributed by atoms with E-state index in [4.69, 9.17) is 0 Å². The molecule has 0 N–H and O–H groups in total. The number of likely N-dealkylation sites (tertiary alicyclic amines) is 1. The van der Waals surface area contributed by atoms with Crippen LogP contribution in [0.15, 0.2) is 0 Å². The van der Waals surface area contributed by atoms with Gasteiger partial charge in [0.2, 0.25) is 11.7 Å². The van der Waals surface area contributed by atoms with Crippen LogP contribution < -0.4 is 0 Å². The lowest BCUT2D eigenvalue weighted by Crippen LogP contribution is -2.31. The molecule has 1 unspecified atom stereocenters. The van der Waals surface area contributed by atoms with Gasteiger partial charge in [-0.25, -0.2) is 0 Å². The van der Waals surface area contributed by atoms with Crippen LogP contribution in [0.25, 0.3) is 0 Å². The summed E-state index contributed by atoms with van der Waals surface area (Å²) in [5.41, 5.74) is 0. The van der Waals surface area contributed by atoms with Crippen molar-refractivity contribution in [2.24, 2.45) is 5.92 Å². The molecular formula is C10H15NO3. The predicted octanol–water partition coefficient (Wildman–Crippen LogP) is 0.751. The second-order valence-corrected chi connectivity index (χ2v) is 3.50. The van der Waals surface area contributed by atoms with Crippen LogP contribution in [0.4, 0.5) is 0 Å². The zero-order valence-electron chi connectivity index (χ0n) is 8.58. The maximum absolute atomic E-state index is 11.6. The fraction of sp³-hybridized carbons (Fsp3) is 0.700. The van der Waals surface area contributed by atoms with Gasteiger partial charge in [-0.05, 0) is 12.8 Å². The van der Waals surface area contributed by atoms with Crippen LogP contribution in [-0.2, 0) is 14.4 Å². The highest BCUT2D eigenvalue weighted by Gasteiger charge is 2.45. The largest absolute Gasteiger partial charge is 0.297 e. The van der Waals surface area contributed by atoms with Crippen LogP contribution in [0.5, 0.6) is 0 Å². The van der Waals surface area contributed by atoms with Crippen molar-refractivity contribution >= 4 is 17.6 Å². The number of amides is 2. The number of ketones is 1. The van der Waals surface area contributed by atoms with Crippen LogP contribution in [0.2, 0.25) is 0 Å². The van der Waals surface area contributed by atoms with Crippen LogP contribution in [-0.4, -0.2) is 29.0 Å². The summed E-state index contributed by atoms with van der Waals surface area (Å²) in [6.07, 6.45) is 1.93. The molecule has 0 radical (unpaired) electrons. The van der Waals surface area contributed by atoms with E-state index in [1.807, 2.05) is 13.8 Å². The highest BCUT2D eigenvalue weighted by molar-refractivity contribution is 6.47. The van der Waals surface area contributed by atoms with Gasteiger partial charge in [0.25, 0.3) is 5.91 Å². The smallest absolute Gasteiger partial charge is 0.288 e. The fourth-order valence-corrected chi connectivity index (χ4v) is 1.66. The molecule has 1 aliphatic heterocycles. The summed E-state index contributed by atoms with van der Waals surface area (Å²) in [5, 5.41) is 0. The Hall–Kier alpha value is -1.19. The molecule has 1 heterocycles. The molecule has 4 nitrogen and oxygen atoms in total. The lowest BCUT2D eigenvalue weighted by molar-refractivity contribution is -0.143. The standard InChI is InChI=1S/C10H15NO3/c1-3-5-7-8(12)10(14)11(6-4-2)9(7)13/h7H,3-6H2,1-2H3. The van der Waals surface area contributed by atoms with Crippen LogP contribution >= 0.6 is 0 Å². The van der Waals surface area contributed by atoms with Crippen molar-refractivity contribution in [3.8, 4) is 0 Å². The fourth-order valence-electron chi connectivity index (χ4n) is 1.66. The number of rotatable bonds is 4. The Morgan fingerprint density at radius 2 is 1.79 bits per heavy atom. The quantitative estimate of drug-likeness (QED) is 0.379. The second-order valence-electron chi connectivity index (χ2n) is 3.50. The van der Waals surface area contributed by atoms with Crippen molar-refractivity contribution in [1.82, 2.24) is 4.90 Å². The molecule has 0 spiro atoms. The summed E-state index contributed by atoms with van der Waals surface area (Å²) >= 11 is 0. The van der Waals surface area contributed by atoms with E-state index in [1.54, 1.807) is 0 Å². The minimum atomic E-state index is -0.695. The Morgan fingerprint density at radius 1 is 1.14 bits per heavy atom. The first-order chi connectivity index (χ1) is 6.63. The molecule has 0 bridgehead atoms. The van der Waals surface area contributed by atoms with Crippen molar-refractivity contribution in [3.63, 3.8) is 0 Å². The van der Waals surface area contributed by atoms with Gasteiger partial charge < -0.3 is 0 Å². The van der Waals surface area contributed by atoms with Gasteiger partial charge in [0.05, 0.1) is 0 Å². The molecule has 2 amide bonds. The van der Waals surface area contributed by atoms with Crippen molar-refractivity contribution < 1.29 is 14.4 Å². The second kappa shape index (κ2) is 4.35. The summed E-state index contributed by atoms with van der Waals surface area (Å²) in [5.74, 6) is -2.14. The third-order valence-corrected chi connectivity index (χ3v) is 2.36. The van der Waals surface area contributed by atoms with E-state index in [-0.39, 0.29) is 5.91 Å². The average Bonchev–Trinajstić information content (AvgIpc) is 2.36. The molecule has 1 fully saturated rings. The molecule has 0 aromatic heterocycles. The molecule has 1 rings (SSSR count). The van der Waals surface area contributed by atoms with Crippen molar-refractivity contribution in [1.29, 1.82) is 0 Å². The number of imide groups is 1. The maximum Gasteiger partial charge on any atom is 0.297 e. The molecule has 0 saturated carbocycles. The van der Waals surface area contributed by atoms with Gasteiger partial charge in [0.15, 0.2) is 0 Å². The van der Waals surface area contributed by atoms with Gasteiger partial charge in [-0.1, -0.05) is 20.3 Å². The van der Waals surface area contributed by atoms with E-state index in [1.165, 1.54) is 0 Å². The van der Waals surface area contributed by atoms with Gasteiger partial charge in [0.1, 0.15) is 5.92 Å². The first-order valence-corrected chi connectivity index (χ1v) is 5.03. The molecule has 0 aliphatic carbocycles. The molecule has 0 aromatic carbocycles. The van der Waals surface area contributed by atoms with E-state index in [0.717, 1.165) is 11.3 Å². The first-order valence-electron chi connectivity index (χ1n) is 5.03. The summed E-state index contributed by atoms with van der Waals surface area (Å²) in [6, 6.07) is 0. The minimum Gasteiger partial charge on any atom is -0.288 e. The van der Waals surface area contributed by atoms with Gasteiger partial charge in [-0.15, -0.1) is 0 Å². The van der Waals surface area contributed by atoms with Crippen molar-refractivity contribution in [3.05, 3.63) is 0 Å². The summed E-state index contributed by atoms with van der Waals surface area (Å²) in [6.45, 7) is 4.13. The lowest BCUT2D eigenvalue weighted by atomic mass is 10.0. The van der Waals surface area contributed by atoms with Gasteiger partial charge in [-0.2, -0.15) is 0 Å². The first kappa shape index (κ1) is 10.9. The van der Waals surface area contributed by atoms with E-state index in [2.05, 4.69) is 0 Å². The normalized spacial score (nSPS) is 22.3. The minimum absolute atomic E-state index is 0.302. The Bertz CT molecular complexity index is 247.